The molecule has 0 saturated carbocycles. The number of aryl methyl sites for hydroxylation is 1. The van der Waals surface area contributed by atoms with E-state index in [1.165, 1.54) is 52.3 Å². The molecule has 2 aromatic carbocycles. The topological polar surface area (TPSA) is 117 Å². The maximum atomic E-state index is 13.6. The number of aliphatic hydroxyl groups is 1. The summed E-state index contributed by atoms with van der Waals surface area (Å²) >= 11 is 0. The number of fused-ring (bicyclic) bond motifs is 1. The largest absolute Gasteiger partial charge is 0.486 e. The van der Waals surface area contributed by atoms with Gasteiger partial charge in [0.05, 0.1) is 35.8 Å². The van der Waals surface area contributed by atoms with Crippen molar-refractivity contribution in [2.24, 2.45) is 13.0 Å². The first kappa shape index (κ1) is 31.3. The molecule has 42 heavy (non-hydrogen) atoms. The lowest BCUT2D eigenvalue weighted by atomic mass is 9.99. The Morgan fingerprint density at radius 3 is 2.50 bits per heavy atom. The number of aliphatic hydroxyl groups excluding tert-OH is 1. The number of anilines is 1. The number of aromatic nitrogens is 2. The molecule has 0 bridgehead atoms. The number of hydrogen-bond donors (Lipinski definition) is 2. The molecule has 3 aromatic rings. The number of nitrogens with one attached hydrogen (secondary N) is 1. The van der Waals surface area contributed by atoms with Crippen LogP contribution < -0.4 is 9.46 Å². The normalized spacial score (nSPS) is 18.7. The maximum absolute atomic E-state index is 13.6. The summed E-state index contributed by atoms with van der Waals surface area (Å²) in [5.41, 5.74) is 0.108. The Hall–Kier alpha value is -3.62. The van der Waals surface area contributed by atoms with Gasteiger partial charge in [0, 0.05) is 38.8 Å². The van der Waals surface area contributed by atoms with Crippen molar-refractivity contribution in [2.75, 3.05) is 31.5 Å². The first-order valence-electron chi connectivity index (χ1n) is 13.3. The van der Waals surface area contributed by atoms with Gasteiger partial charge in [-0.1, -0.05) is 25.1 Å². The molecule has 0 aliphatic carbocycles. The molecule has 14 heteroatoms. The van der Waals surface area contributed by atoms with E-state index >= 15 is 0 Å². The molecule has 4 rings (SSSR count). The molecular formula is C28H34F3N5O5S. The van der Waals surface area contributed by atoms with E-state index < -0.39 is 39.8 Å². The predicted octanol–water partition coefficient (Wildman–Crippen LogP) is 3.59. The summed E-state index contributed by atoms with van der Waals surface area (Å²) in [7, 11) is -0.696. The second-order valence-corrected chi connectivity index (χ2v) is 12.3. The van der Waals surface area contributed by atoms with Crippen LogP contribution >= 0.6 is 0 Å². The molecule has 2 N–H and O–H groups in total. The van der Waals surface area contributed by atoms with Crippen molar-refractivity contribution in [3.05, 3.63) is 71.7 Å². The lowest BCUT2D eigenvalue weighted by molar-refractivity contribution is -0.137. The van der Waals surface area contributed by atoms with Gasteiger partial charge >= 0.3 is 6.18 Å². The van der Waals surface area contributed by atoms with Crippen LogP contribution in [0.3, 0.4) is 0 Å². The number of hydrogen-bond acceptors (Lipinski definition) is 7. The zero-order valence-electron chi connectivity index (χ0n) is 23.7. The second kappa shape index (κ2) is 12.3. The minimum absolute atomic E-state index is 0.0385. The van der Waals surface area contributed by atoms with Crippen molar-refractivity contribution in [2.45, 2.75) is 43.7 Å². The molecule has 1 aliphatic heterocycles. The van der Waals surface area contributed by atoms with E-state index in [2.05, 4.69) is 9.71 Å². The van der Waals surface area contributed by atoms with Gasteiger partial charge in [0.2, 0.25) is 0 Å². The fourth-order valence-corrected chi connectivity index (χ4v) is 5.79. The number of ether oxygens (including phenoxy) is 1. The highest BCUT2D eigenvalue weighted by atomic mass is 32.2. The average Bonchev–Trinajstić information content (AvgIpc) is 3.37. The minimum atomic E-state index is -4.43. The van der Waals surface area contributed by atoms with Crippen molar-refractivity contribution in [1.29, 1.82) is 0 Å². The molecule has 1 aliphatic rings. The molecule has 0 radical (unpaired) electrons. The summed E-state index contributed by atoms with van der Waals surface area (Å²) in [5, 5.41) is 9.67. The van der Waals surface area contributed by atoms with Gasteiger partial charge in [0.15, 0.2) is 10.8 Å². The van der Waals surface area contributed by atoms with Gasteiger partial charge in [-0.15, -0.1) is 0 Å². The van der Waals surface area contributed by atoms with Gasteiger partial charge in [-0.25, -0.2) is 4.98 Å². The minimum Gasteiger partial charge on any atom is -0.486 e. The zero-order chi connectivity index (χ0) is 30.8. The van der Waals surface area contributed by atoms with Crippen LogP contribution in [-0.4, -0.2) is 77.7 Å². The zero-order valence-corrected chi connectivity index (χ0v) is 24.5. The third-order valence-corrected chi connectivity index (χ3v) is 8.37. The first-order valence-corrected chi connectivity index (χ1v) is 14.7. The smallest absolute Gasteiger partial charge is 0.416 e. The summed E-state index contributed by atoms with van der Waals surface area (Å²) in [6, 6.07) is 8.95. The van der Waals surface area contributed by atoms with Crippen LogP contribution in [0.4, 0.5) is 18.9 Å². The summed E-state index contributed by atoms with van der Waals surface area (Å²) in [5.74, 6) is -0.655. The monoisotopic (exact) mass is 609 g/mol. The molecule has 0 fully saturated rings. The number of amides is 1. The highest BCUT2D eigenvalue weighted by molar-refractivity contribution is 7.92. The first-order chi connectivity index (χ1) is 19.7. The molecule has 0 spiro atoms. The number of sulfonamides is 1. The highest BCUT2D eigenvalue weighted by Crippen LogP contribution is 2.36. The van der Waals surface area contributed by atoms with E-state index in [-0.39, 0.29) is 41.1 Å². The van der Waals surface area contributed by atoms with Gasteiger partial charge in [-0.2, -0.15) is 21.6 Å². The van der Waals surface area contributed by atoms with Gasteiger partial charge in [0.1, 0.15) is 6.10 Å². The SMILES string of the molecule is C[C@@H]1CN([C@@H](C)CO)C(=O)c2cccc(NS(=O)(=O)c3cn(C)cn3)c2O[C@@H]1CN(C)Cc1ccc(C(F)(F)F)cc1. The molecule has 228 valence electrons. The van der Waals surface area contributed by atoms with Crippen LogP contribution in [0, 0.1) is 5.92 Å². The lowest BCUT2D eigenvalue weighted by Crippen LogP contribution is -2.49. The van der Waals surface area contributed by atoms with Crippen molar-refractivity contribution in [3.63, 3.8) is 0 Å². The number of nitrogens with zero attached hydrogens (tertiary/aromatic N) is 4. The summed E-state index contributed by atoms with van der Waals surface area (Å²) in [4.78, 5) is 21.0. The summed E-state index contributed by atoms with van der Waals surface area (Å²) < 4.78 is 75.6. The fourth-order valence-electron chi connectivity index (χ4n) is 4.75. The van der Waals surface area contributed by atoms with Crippen LogP contribution in [0.2, 0.25) is 0 Å². The number of imidazole rings is 1. The van der Waals surface area contributed by atoms with Gasteiger partial charge in [-0.3, -0.25) is 14.4 Å². The number of alkyl halides is 3. The number of carbonyl (C=O) groups excluding carboxylic acids is 1. The highest BCUT2D eigenvalue weighted by Gasteiger charge is 2.35. The summed E-state index contributed by atoms with van der Waals surface area (Å²) in [6.07, 6.45) is -2.30. The Bertz CT molecular complexity index is 1510. The Labute approximate surface area is 242 Å². The number of rotatable bonds is 9. The van der Waals surface area contributed by atoms with E-state index in [1.807, 2.05) is 11.8 Å². The lowest BCUT2D eigenvalue weighted by Gasteiger charge is -2.38. The standard InChI is InChI=1S/C28H34F3N5O5S/c1-18-12-36(19(2)16-37)27(38)22-6-5-7-23(33-42(39,40)25-15-35(4)17-32-25)26(22)41-24(18)14-34(3)13-20-8-10-21(11-9-20)28(29,30)31/h5-11,15,17-19,24,33,37H,12-14,16H2,1-4H3/t18-,19+,24-/m1/s1. The molecule has 3 atom stereocenters. The Balaban J connectivity index is 1.66. The van der Waals surface area contributed by atoms with Crippen LogP contribution in [-0.2, 0) is 29.8 Å². The van der Waals surface area contributed by atoms with Gasteiger partial charge in [-0.05, 0) is 43.8 Å². The number of benzene rings is 2. The molecule has 2 heterocycles. The van der Waals surface area contributed by atoms with Crippen LogP contribution in [0.15, 0.2) is 60.0 Å². The second-order valence-electron chi connectivity index (χ2n) is 10.7. The van der Waals surface area contributed by atoms with E-state index in [4.69, 9.17) is 4.74 Å². The fraction of sp³-hybridized carbons (Fsp3) is 0.429. The third-order valence-electron chi connectivity index (χ3n) is 7.12. The van der Waals surface area contributed by atoms with Crippen molar-refractivity contribution >= 4 is 21.6 Å². The van der Waals surface area contributed by atoms with Gasteiger partial charge < -0.3 is 19.3 Å². The van der Waals surface area contributed by atoms with Crippen LogP contribution in [0.5, 0.6) is 5.75 Å². The van der Waals surface area contributed by atoms with Gasteiger partial charge in [0.25, 0.3) is 15.9 Å². The van der Waals surface area contributed by atoms with Crippen molar-refractivity contribution in [3.8, 4) is 5.75 Å². The van der Waals surface area contributed by atoms with Crippen molar-refractivity contribution < 1.29 is 36.2 Å². The summed E-state index contributed by atoms with van der Waals surface area (Å²) in [6.45, 7) is 4.19. The molecule has 1 aromatic heterocycles. The molecule has 1 amide bonds. The number of halogens is 3. The predicted molar refractivity (Wildman–Crippen MR) is 149 cm³/mol. The average molecular weight is 610 g/mol. The number of para-hydroxylation sites is 1. The van der Waals surface area contributed by atoms with Crippen LogP contribution in [0.25, 0.3) is 0 Å². The van der Waals surface area contributed by atoms with E-state index in [1.54, 1.807) is 21.0 Å². The van der Waals surface area contributed by atoms with E-state index in [9.17, 15) is 31.5 Å². The Morgan fingerprint density at radius 2 is 1.90 bits per heavy atom. The molecular weight excluding hydrogens is 575 g/mol. The Kier molecular flexibility index (Phi) is 9.18. The van der Waals surface area contributed by atoms with E-state index in [0.29, 0.717) is 18.7 Å². The molecule has 0 unspecified atom stereocenters. The van der Waals surface area contributed by atoms with E-state index in [0.717, 1.165) is 12.1 Å². The molecule has 0 saturated heterocycles. The maximum Gasteiger partial charge on any atom is 0.416 e. The van der Waals surface area contributed by atoms with Crippen molar-refractivity contribution in [1.82, 2.24) is 19.4 Å². The van der Waals surface area contributed by atoms with Crippen LogP contribution in [0.1, 0.15) is 35.3 Å². The number of likely N-dealkylation sites (N-methyl/N-ethyl adjacent to an activating group) is 1. The molecule has 10 nitrogen and oxygen atoms in total. The Morgan fingerprint density at radius 1 is 1.21 bits per heavy atom. The quantitative estimate of drug-likeness (QED) is 0.381. The third kappa shape index (κ3) is 7.05. The number of carbonyl (C=O) groups is 1.